The molecule has 5 heteroatoms. The Labute approximate surface area is 124 Å². The molecule has 1 aromatic heterocycles. The van der Waals surface area contributed by atoms with E-state index in [0.29, 0.717) is 0 Å². The minimum atomic E-state index is 0.995. The first-order valence-corrected chi connectivity index (χ1v) is 7.37. The first-order chi connectivity index (χ1) is 10.3. The van der Waals surface area contributed by atoms with Crippen molar-refractivity contribution < 1.29 is 0 Å². The van der Waals surface area contributed by atoms with Gasteiger partial charge in [-0.1, -0.05) is 12.1 Å². The minimum Gasteiger partial charge on any atom is -0.352 e. The summed E-state index contributed by atoms with van der Waals surface area (Å²) in [7, 11) is 2.17. The molecule has 21 heavy (non-hydrogen) atoms. The van der Waals surface area contributed by atoms with Crippen LogP contribution >= 0.6 is 0 Å². The number of aromatic nitrogens is 1. The van der Waals surface area contributed by atoms with Crippen molar-refractivity contribution in [2.45, 2.75) is 0 Å². The van der Waals surface area contributed by atoms with E-state index in [1.54, 1.807) is 0 Å². The Morgan fingerprint density at radius 3 is 2.67 bits per heavy atom. The molecule has 1 N–H and O–H groups in total. The zero-order chi connectivity index (χ0) is 14.2. The maximum Gasteiger partial charge on any atom is 0.155 e. The molecule has 0 spiro atoms. The lowest BCUT2D eigenvalue weighted by Crippen LogP contribution is -2.47. The Morgan fingerprint density at radius 2 is 1.81 bits per heavy atom. The Morgan fingerprint density at radius 1 is 1.00 bits per heavy atom. The summed E-state index contributed by atoms with van der Waals surface area (Å²) in [4.78, 5) is 9.69. The van der Waals surface area contributed by atoms with Crippen LogP contribution in [0.2, 0.25) is 0 Å². The van der Waals surface area contributed by atoms with E-state index in [9.17, 15) is 0 Å². The number of aliphatic imine (C=N–C) groups is 1. The fraction of sp³-hybridized carbons (Fsp3) is 0.312. The molecular formula is C16H19N5. The predicted octanol–water partition coefficient (Wildman–Crippen LogP) is 2.00. The molecule has 1 fully saturated rings. The Hall–Kier alpha value is -2.27. The number of amidine groups is 1. The van der Waals surface area contributed by atoms with Gasteiger partial charge in [0.2, 0.25) is 0 Å². The molecule has 2 aliphatic rings. The largest absolute Gasteiger partial charge is 0.352 e. The number of rotatable bonds is 0. The van der Waals surface area contributed by atoms with Crippen molar-refractivity contribution in [3.8, 4) is 0 Å². The zero-order valence-corrected chi connectivity index (χ0v) is 12.2. The van der Waals surface area contributed by atoms with Crippen molar-refractivity contribution in [3.05, 3.63) is 48.3 Å². The fourth-order valence-corrected chi connectivity index (χ4v) is 2.88. The van der Waals surface area contributed by atoms with Crippen LogP contribution in [0.3, 0.4) is 0 Å². The summed E-state index contributed by atoms with van der Waals surface area (Å²) in [6, 6.07) is 12.4. The van der Waals surface area contributed by atoms with Crippen LogP contribution in [0.1, 0.15) is 5.69 Å². The number of likely N-dealkylation sites (N-methyl/N-ethyl adjacent to an activating group) is 1. The van der Waals surface area contributed by atoms with Gasteiger partial charge in [-0.2, -0.15) is 0 Å². The lowest BCUT2D eigenvalue weighted by molar-refractivity contribution is 0.215. The smallest absolute Gasteiger partial charge is 0.155 e. The van der Waals surface area contributed by atoms with Crippen molar-refractivity contribution in [3.63, 3.8) is 0 Å². The van der Waals surface area contributed by atoms with E-state index in [4.69, 9.17) is 4.99 Å². The molecule has 0 amide bonds. The minimum absolute atomic E-state index is 0.995. The Bertz CT molecular complexity index is 679. The number of fused-ring (bicyclic) bond motifs is 2. The predicted molar refractivity (Wildman–Crippen MR) is 85.2 cm³/mol. The van der Waals surface area contributed by atoms with Crippen LogP contribution in [0, 0.1) is 0 Å². The van der Waals surface area contributed by atoms with Gasteiger partial charge in [-0.3, -0.25) is 10.1 Å². The number of piperazine rings is 1. The van der Waals surface area contributed by atoms with E-state index in [1.807, 2.05) is 18.3 Å². The summed E-state index contributed by atoms with van der Waals surface area (Å²) in [6.07, 6.45) is 2.04. The van der Waals surface area contributed by atoms with Gasteiger partial charge < -0.3 is 9.80 Å². The molecule has 4 rings (SSSR count). The molecule has 1 aromatic carbocycles. The number of nitrogens with one attached hydrogen (secondary N) is 1. The molecule has 0 unspecified atom stereocenters. The topological polar surface area (TPSA) is 35.8 Å². The van der Waals surface area contributed by atoms with Gasteiger partial charge in [-0.25, -0.2) is 4.99 Å². The van der Waals surface area contributed by atoms with E-state index >= 15 is 0 Å². The van der Waals surface area contributed by atoms with Crippen LogP contribution in [0.4, 0.5) is 11.4 Å². The summed E-state index contributed by atoms with van der Waals surface area (Å²) in [5.74, 6) is 1.06. The number of para-hydroxylation sites is 2. The third-order valence-corrected chi connectivity index (χ3v) is 4.15. The average molecular weight is 281 g/mol. The number of benzene rings is 1. The van der Waals surface area contributed by atoms with Crippen LogP contribution in [-0.4, -0.2) is 53.5 Å². The van der Waals surface area contributed by atoms with E-state index in [1.165, 1.54) is 0 Å². The maximum atomic E-state index is 4.94. The third kappa shape index (κ3) is 2.19. The second-order valence-electron chi connectivity index (χ2n) is 5.62. The fourth-order valence-electron chi connectivity index (χ4n) is 2.88. The van der Waals surface area contributed by atoms with Crippen molar-refractivity contribution in [2.75, 3.05) is 38.7 Å². The molecule has 1 saturated heterocycles. The SMILES string of the molecule is CN1CCN(C2=Nc3ccccc3Nn3cccc32)CC1. The van der Waals surface area contributed by atoms with Gasteiger partial charge in [0.1, 0.15) is 5.69 Å². The van der Waals surface area contributed by atoms with Gasteiger partial charge in [0.25, 0.3) is 0 Å². The highest BCUT2D eigenvalue weighted by Gasteiger charge is 2.23. The standard InChI is InChI=1S/C16H19N5/c1-19-9-11-20(12-10-19)16-15-7-4-8-21(15)18-14-6-3-2-5-13(14)17-16/h2-8,18H,9-12H2,1H3. The van der Waals surface area contributed by atoms with Crippen LogP contribution in [0.5, 0.6) is 0 Å². The molecule has 0 bridgehead atoms. The monoisotopic (exact) mass is 281 g/mol. The van der Waals surface area contributed by atoms with E-state index < -0.39 is 0 Å². The second kappa shape index (κ2) is 4.93. The third-order valence-electron chi connectivity index (χ3n) is 4.15. The molecule has 108 valence electrons. The van der Waals surface area contributed by atoms with Gasteiger partial charge in [0.15, 0.2) is 5.84 Å². The Kier molecular flexibility index (Phi) is 2.93. The normalized spacial score (nSPS) is 18.3. The lowest BCUT2D eigenvalue weighted by atomic mass is 10.2. The van der Waals surface area contributed by atoms with Crippen molar-refractivity contribution >= 4 is 17.2 Å². The number of nitrogens with zero attached hydrogens (tertiary/aromatic N) is 4. The van der Waals surface area contributed by atoms with Crippen LogP contribution in [0.25, 0.3) is 0 Å². The quantitative estimate of drug-likeness (QED) is 0.802. The molecule has 5 nitrogen and oxygen atoms in total. The van der Waals surface area contributed by atoms with Gasteiger partial charge in [0.05, 0.1) is 11.4 Å². The van der Waals surface area contributed by atoms with E-state index in [-0.39, 0.29) is 0 Å². The van der Waals surface area contributed by atoms with Gasteiger partial charge in [-0.05, 0) is 31.3 Å². The van der Waals surface area contributed by atoms with Crippen molar-refractivity contribution in [1.29, 1.82) is 0 Å². The summed E-state index contributed by atoms with van der Waals surface area (Å²) in [5.41, 5.74) is 6.58. The zero-order valence-electron chi connectivity index (χ0n) is 12.2. The second-order valence-corrected chi connectivity index (χ2v) is 5.62. The molecule has 2 aliphatic heterocycles. The summed E-state index contributed by atoms with van der Waals surface area (Å²) < 4.78 is 2.06. The lowest BCUT2D eigenvalue weighted by Gasteiger charge is -2.34. The summed E-state index contributed by atoms with van der Waals surface area (Å²) >= 11 is 0. The van der Waals surface area contributed by atoms with Gasteiger partial charge in [-0.15, -0.1) is 0 Å². The van der Waals surface area contributed by atoms with Crippen LogP contribution in [-0.2, 0) is 0 Å². The van der Waals surface area contributed by atoms with E-state index in [2.05, 4.69) is 51.2 Å². The maximum absolute atomic E-state index is 4.94. The summed E-state index contributed by atoms with van der Waals surface area (Å²) in [6.45, 7) is 4.19. The molecule has 0 radical (unpaired) electrons. The van der Waals surface area contributed by atoms with Crippen molar-refractivity contribution in [1.82, 2.24) is 14.5 Å². The molecule has 0 saturated carbocycles. The van der Waals surface area contributed by atoms with Gasteiger partial charge >= 0.3 is 0 Å². The van der Waals surface area contributed by atoms with Crippen molar-refractivity contribution in [2.24, 2.45) is 4.99 Å². The Balaban J connectivity index is 1.79. The molecule has 3 heterocycles. The number of hydrogen-bond acceptors (Lipinski definition) is 4. The highest BCUT2D eigenvalue weighted by molar-refractivity contribution is 6.01. The van der Waals surface area contributed by atoms with Gasteiger partial charge in [0, 0.05) is 32.4 Å². The molecular weight excluding hydrogens is 262 g/mol. The highest BCUT2D eigenvalue weighted by Crippen LogP contribution is 2.29. The van der Waals surface area contributed by atoms with Crippen LogP contribution in [0.15, 0.2) is 47.6 Å². The number of hydrogen-bond donors (Lipinski definition) is 1. The first-order valence-electron chi connectivity index (χ1n) is 7.37. The van der Waals surface area contributed by atoms with E-state index in [0.717, 1.165) is 49.1 Å². The highest BCUT2D eigenvalue weighted by atomic mass is 15.4. The summed E-state index contributed by atoms with van der Waals surface area (Å²) in [5, 5.41) is 0. The first kappa shape index (κ1) is 12.5. The molecule has 2 aromatic rings. The van der Waals surface area contributed by atoms with Crippen LogP contribution < -0.4 is 5.43 Å². The molecule has 0 aliphatic carbocycles. The number of anilines is 1. The average Bonchev–Trinajstić information content (AvgIpc) is 2.89. The molecule has 0 atom stereocenters.